The van der Waals surface area contributed by atoms with Crippen molar-refractivity contribution in [1.82, 2.24) is 9.80 Å². The minimum Gasteiger partial charge on any atom is -0.333 e. The summed E-state index contributed by atoms with van der Waals surface area (Å²) in [7, 11) is 0. The highest BCUT2D eigenvalue weighted by atomic mass is 16.6. The molecule has 0 aromatic heterocycles. The molecule has 8 heteroatoms. The number of nitrogens with zero attached hydrogens (tertiary/aromatic N) is 3. The SMILES string of the molecule is Cc1c(NC(=O)C(=O)N2CCC(C)N(Cc3ccccc3)CC2)cccc1[N+](=O)[O-]. The Labute approximate surface area is 175 Å². The molecule has 1 N–H and O–H groups in total. The molecule has 0 aliphatic carbocycles. The summed E-state index contributed by atoms with van der Waals surface area (Å²) in [6.45, 7) is 6.09. The minimum atomic E-state index is -0.775. The van der Waals surface area contributed by atoms with Crippen molar-refractivity contribution in [2.45, 2.75) is 32.9 Å². The molecule has 1 aliphatic rings. The van der Waals surface area contributed by atoms with Crippen LogP contribution in [0.4, 0.5) is 11.4 Å². The molecule has 2 aromatic carbocycles. The highest BCUT2D eigenvalue weighted by molar-refractivity contribution is 6.39. The van der Waals surface area contributed by atoms with Gasteiger partial charge >= 0.3 is 11.8 Å². The number of nitro benzene ring substituents is 1. The summed E-state index contributed by atoms with van der Waals surface area (Å²) < 4.78 is 0. The maximum absolute atomic E-state index is 12.7. The Kier molecular flexibility index (Phi) is 6.79. The molecule has 2 aromatic rings. The van der Waals surface area contributed by atoms with E-state index in [2.05, 4.69) is 29.3 Å². The third kappa shape index (κ3) is 5.01. The van der Waals surface area contributed by atoms with Crippen LogP contribution >= 0.6 is 0 Å². The molecular formula is C22H26N4O4. The number of nitro groups is 1. The summed E-state index contributed by atoms with van der Waals surface area (Å²) in [5, 5.41) is 13.6. The van der Waals surface area contributed by atoms with E-state index in [0.717, 1.165) is 13.0 Å². The number of rotatable bonds is 4. The summed E-state index contributed by atoms with van der Waals surface area (Å²) in [5.41, 5.74) is 1.71. The van der Waals surface area contributed by atoms with Gasteiger partial charge in [0.1, 0.15) is 0 Å². The average molecular weight is 410 g/mol. The number of nitrogens with one attached hydrogen (secondary N) is 1. The summed E-state index contributed by atoms with van der Waals surface area (Å²) >= 11 is 0. The lowest BCUT2D eigenvalue weighted by Gasteiger charge is -2.26. The quantitative estimate of drug-likeness (QED) is 0.475. The zero-order valence-electron chi connectivity index (χ0n) is 17.2. The Morgan fingerprint density at radius 2 is 1.83 bits per heavy atom. The fourth-order valence-electron chi connectivity index (χ4n) is 3.64. The second-order valence-corrected chi connectivity index (χ2v) is 7.55. The van der Waals surface area contributed by atoms with Crippen LogP contribution in [0.3, 0.4) is 0 Å². The van der Waals surface area contributed by atoms with Crippen LogP contribution in [0.2, 0.25) is 0 Å². The van der Waals surface area contributed by atoms with E-state index in [1.54, 1.807) is 17.9 Å². The van der Waals surface area contributed by atoms with Crippen LogP contribution in [0, 0.1) is 17.0 Å². The lowest BCUT2D eigenvalue weighted by molar-refractivity contribution is -0.385. The molecule has 0 radical (unpaired) electrons. The van der Waals surface area contributed by atoms with Crippen LogP contribution < -0.4 is 5.32 Å². The summed E-state index contributed by atoms with van der Waals surface area (Å²) in [6, 6.07) is 14.8. The monoisotopic (exact) mass is 410 g/mol. The summed E-state index contributed by atoms with van der Waals surface area (Å²) in [6.07, 6.45) is 0.766. The van der Waals surface area contributed by atoms with Crippen LogP contribution in [0.5, 0.6) is 0 Å². The van der Waals surface area contributed by atoms with Crippen LogP contribution in [-0.2, 0) is 16.1 Å². The van der Waals surface area contributed by atoms with Crippen molar-refractivity contribution in [2.75, 3.05) is 25.0 Å². The van der Waals surface area contributed by atoms with Crippen molar-refractivity contribution >= 4 is 23.2 Å². The second-order valence-electron chi connectivity index (χ2n) is 7.55. The van der Waals surface area contributed by atoms with Crippen molar-refractivity contribution in [3.63, 3.8) is 0 Å². The van der Waals surface area contributed by atoms with Crippen molar-refractivity contribution < 1.29 is 14.5 Å². The molecule has 0 saturated carbocycles. The first-order valence-corrected chi connectivity index (χ1v) is 9.99. The molecule has 158 valence electrons. The van der Waals surface area contributed by atoms with E-state index in [1.807, 2.05) is 18.2 Å². The number of carbonyl (C=O) groups is 2. The van der Waals surface area contributed by atoms with Gasteiger partial charge < -0.3 is 10.2 Å². The van der Waals surface area contributed by atoms with Gasteiger partial charge in [-0.3, -0.25) is 24.6 Å². The molecule has 0 spiro atoms. The van der Waals surface area contributed by atoms with Crippen molar-refractivity contribution in [3.05, 3.63) is 69.8 Å². The molecule has 30 heavy (non-hydrogen) atoms. The molecular weight excluding hydrogens is 384 g/mol. The first-order chi connectivity index (χ1) is 14.4. The van der Waals surface area contributed by atoms with Gasteiger partial charge in [0.2, 0.25) is 0 Å². The molecule has 1 atom stereocenters. The van der Waals surface area contributed by atoms with Gasteiger partial charge in [-0.15, -0.1) is 0 Å². The highest BCUT2D eigenvalue weighted by Gasteiger charge is 2.28. The zero-order chi connectivity index (χ0) is 21.7. The first kappa shape index (κ1) is 21.4. The van der Waals surface area contributed by atoms with Gasteiger partial charge in [0.05, 0.1) is 16.2 Å². The number of carbonyl (C=O) groups excluding carboxylic acids is 2. The van der Waals surface area contributed by atoms with E-state index in [1.165, 1.54) is 17.7 Å². The molecule has 1 heterocycles. The Morgan fingerprint density at radius 3 is 2.53 bits per heavy atom. The van der Waals surface area contributed by atoms with E-state index < -0.39 is 16.7 Å². The second kappa shape index (κ2) is 9.49. The molecule has 1 unspecified atom stereocenters. The lowest BCUT2D eigenvalue weighted by atomic mass is 10.1. The van der Waals surface area contributed by atoms with Gasteiger partial charge in [-0.2, -0.15) is 0 Å². The largest absolute Gasteiger partial charge is 0.333 e. The maximum atomic E-state index is 12.7. The standard InChI is InChI=1S/C22H26N4O4/c1-16-11-12-24(13-14-25(16)15-18-7-4-3-5-8-18)22(28)21(27)23-19-9-6-10-20(17(19)2)26(29)30/h3-10,16H,11-15H2,1-2H3,(H,23,27). The van der Waals surface area contributed by atoms with Crippen molar-refractivity contribution in [3.8, 4) is 0 Å². The number of amides is 2. The van der Waals surface area contributed by atoms with Crippen LogP contribution in [0.1, 0.15) is 24.5 Å². The highest BCUT2D eigenvalue weighted by Crippen LogP contribution is 2.25. The lowest BCUT2D eigenvalue weighted by Crippen LogP contribution is -2.42. The van der Waals surface area contributed by atoms with E-state index in [9.17, 15) is 19.7 Å². The third-order valence-corrected chi connectivity index (χ3v) is 5.56. The number of anilines is 1. The Bertz CT molecular complexity index is 932. The molecule has 1 aliphatic heterocycles. The van der Waals surface area contributed by atoms with Crippen LogP contribution in [-0.4, -0.2) is 52.2 Å². The van der Waals surface area contributed by atoms with Gasteiger partial charge in [0.25, 0.3) is 5.69 Å². The predicted octanol–water partition coefficient (Wildman–Crippen LogP) is 2.96. The minimum absolute atomic E-state index is 0.0969. The van der Waals surface area contributed by atoms with Crippen molar-refractivity contribution in [2.24, 2.45) is 0 Å². The molecule has 3 rings (SSSR count). The van der Waals surface area contributed by atoms with Gasteiger partial charge in [-0.25, -0.2) is 0 Å². The number of benzene rings is 2. The average Bonchev–Trinajstić information content (AvgIpc) is 2.91. The van der Waals surface area contributed by atoms with Gasteiger partial charge in [-0.05, 0) is 31.9 Å². The van der Waals surface area contributed by atoms with E-state index in [0.29, 0.717) is 25.2 Å². The normalized spacial score (nSPS) is 17.3. The van der Waals surface area contributed by atoms with Gasteiger partial charge in [0, 0.05) is 38.3 Å². The maximum Gasteiger partial charge on any atom is 0.313 e. The number of hydrogen-bond acceptors (Lipinski definition) is 5. The smallest absolute Gasteiger partial charge is 0.313 e. The molecule has 0 bridgehead atoms. The summed E-state index contributed by atoms with van der Waals surface area (Å²) in [5.74, 6) is -1.39. The third-order valence-electron chi connectivity index (χ3n) is 5.56. The van der Waals surface area contributed by atoms with Gasteiger partial charge in [-0.1, -0.05) is 36.4 Å². The van der Waals surface area contributed by atoms with Crippen LogP contribution in [0.15, 0.2) is 48.5 Å². The molecule has 1 saturated heterocycles. The molecule has 1 fully saturated rings. The van der Waals surface area contributed by atoms with E-state index in [4.69, 9.17) is 0 Å². The van der Waals surface area contributed by atoms with Gasteiger partial charge in [0.15, 0.2) is 0 Å². The summed E-state index contributed by atoms with van der Waals surface area (Å²) in [4.78, 5) is 39.7. The Hall–Kier alpha value is -3.26. The number of hydrogen-bond donors (Lipinski definition) is 1. The fourth-order valence-corrected chi connectivity index (χ4v) is 3.64. The predicted molar refractivity (Wildman–Crippen MR) is 114 cm³/mol. The van der Waals surface area contributed by atoms with E-state index in [-0.39, 0.29) is 17.4 Å². The van der Waals surface area contributed by atoms with Crippen molar-refractivity contribution in [1.29, 1.82) is 0 Å². The van der Waals surface area contributed by atoms with E-state index >= 15 is 0 Å². The first-order valence-electron chi connectivity index (χ1n) is 9.99. The Balaban J connectivity index is 1.63. The fraction of sp³-hybridized carbons (Fsp3) is 0.364. The molecule has 8 nitrogen and oxygen atoms in total. The van der Waals surface area contributed by atoms with Crippen LogP contribution in [0.25, 0.3) is 0 Å². The topological polar surface area (TPSA) is 95.8 Å². The zero-order valence-corrected chi connectivity index (χ0v) is 17.2. The Morgan fingerprint density at radius 1 is 1.10 bits per heavy atom. The molecule has 2 amide bonds.